The monoisotopic (exact) mass is 187 g/mol. The fraction of sp³-hybridized carbons (Fsp3) is 0.875. The summed E-state index contributed by atoms with van der Waals surface area (Å²) >= 11 is 4.49. The minimum Gasteiger partial charge on any atom is -0.367 e. The third kappa shape index (κ3) is 3.93. The zero-order chi connectivity index (χ0) is 9.03. The Balaban J connectivity index is 2.20. The Hall–Kier alpha value is -0.280. The van der Waals surface area contributed by atoms with Gasteiger partial charge in [-0.2, -0.15) is 0 Å². The number of rotatable bonds is 5. The lowest BCUT2D eigenvalue weighted by Gasteiger charge is -2.27. The maximum Gasteiger partial charge on any atom is 0.130 e. The molecule has 1 unspecified atom stereocenters. The van der Waals surface area contributed by atoms with Crippen molar-refractivity contribution in [2.45, 2.75) is 6.10 Å². The summed E-state index contributed by atoms with van der Waals surface area (Å²) in [6.07, 6.45) is 0.483. The van der Waals surface area contributed by atoms with Crippen molar-refractivity contribution in [2.24, 2.45) is 4.99 Å². The highest BCUT2D eigenvalue weighted by molar-refractivity contribution is 7.78. The van der Waals surface area contributed by atoms with Crippen LogP contribution in [0.3, 0.4) is 0 Å². The summed E-state index contributed by atoms with van der Waals surface area (Å²) in [5.41, 5.74) is 0. The van der Waals surface area contributed by atoms with Crippen LogP contribution in [0, 0.1) is 0 Å². The molecule has 0 N–H and O–H groups in total. The third-order valence-electron chi connectivity index (χ3n) is 1.98. The van der Waals surface area contributed by atoms with Gasteiger partial charge in [0.2, 0.25) is 0 Å². The van der Waals surface area contributed by atoms with Crippen molar-refractivity contribution in [3.05, 3.63) is 0 Å². The minimum atomic E-state index is 0.483. The van der Waals surface area contributed by atoms with E-state index in [2.05, 4.69) is 36.5 Å². The standard InChI is InChI=1S/C8H15N2OS/c1-10(2,4-3-9-7-12)5-8-6-11-8/h8H,3-6H2,1-2H3/q+1. The predicted octanol–water partition coefficient (Wildman–Crippen LogP) is 0.564. The molecule has 1 fully saturated rings. The molecule has 1 heterocycles. The molecular weight excluding hydrogens is 172 g/mol. The van der Waals surface area contributed by atoms with Crippen molar-refractivity contribution >= 4 is 17.4 Å². The molecule has 1 atom stereocenters. The topological polar surface area (TPSA) is 24.9 Å². The summed E-state index contributed by atoms with van der Waals surface area (Å²) in [6.45, 7) is 3.78. The highest BCUT2D eigenvalue weighted by Crippen LogP contribution is 2.13. The molecule has 0 amide bonds. The maximum absolute atomic E-state index is 5.17. The molecule has 0 aliphatic carbocycles. The molecule has 68 valence electrons. The number of quaternary nitrogens is 1. The number of nitrogens with zero attached hydrogens (tertiary/aromatic N) is 2. The van der Waals surface area contributed by atoms with Crippen LogP contribution in [0.2, 0.25) is 0 Å². The summed E-state index contributed by atoms with van der Waals surface area (Å²) in [4.78, 5) is 3.89. The van der Waals surface area contributed by atoms with Gasteiger partial charge in [0.15, 0.2) is 0 Å². The first-order valence-corrected chi connectivity index (χ1v) is 4.52. The first-order chi connectivity index (χ1) is 5.64. The van der Waals surface area contributed by atoms with Gasteiger partial charge in [0.05, 0.1) is 39.0 Å². The van der Waals surface area contributed by atoms with Crippen LogP contribution in [0.15, 0.2) is 4.99 Å². The second kappa shape index (κ2) is 4.10. The predicted molar refractivity (Wildman–Crippen MR) is 51.5 cm³/mol. The van der Waals surface area contributed by atoms with E-state index in [9.17, 15) is 0 Å². The lowest BCUT2D eigenvalue weighted by Crippen LogP contribution is -2.44. The number of epoxide rings is 1. The molecule has 0 aromatic heterocycles. The van der Waals surface area contributed by atoms with Crippen LogP contribution < -0.4 is 0 Å². The summed E-state index contributed by atoms with van der Waals surface area (Å²) in [6, 6.07) is 0. The number of likely N-dealkylation sites (N-methyl/N-ethyl adjacent to an activating group) is 1. The molecule has 0 saturated carbocycles. The molecule has 0 aromatic carbocycles. The van der Waals surface area contributed by atoms with Gasteiger partial charge in [-0.1, -0.05) is 0 Å². The second-order valence-electron chi connectivity index (χ2n) is 3.77. The van der Waals surface area contributed by atoms with E-state index in [0.29, 0.717) is 6.10 Å². The van der Waals surface area contributed by atoms with E-state index >= 15 is 0 Å². The fourth-order valence-corrected chi connectivity index (χ4v) is 1.27. The Labute approximate surface area is 78.6 Å². The van der Waals surface area contributed by atoms with Crippen LogP contribution in [0.4, 0.5) is 0 Å². The first-order valence-electron chi connectivity index (χ1n) is 4.11. The van der Waals surface area contributed by atoms with Gasteiger partial charge in [-0.3, -0.25) is 0 Å². The Morgan fingerprint density at radius 1 is 1.67 bits per heavy atom. The van der Waals surface area contributed by atoms with Crippen LogP contribution in [0.25, 0.3) is 0 Å². The van der Waals surface area contributed by atoms with Crippen molar-refractivity contribution < 1.29 is 9.22 Å². The van der Waals surface area contributed by atoms with Gasteiger partial charge in [-0.05, 0) is 12.2 Å². The molecule has 1 aliphatic heterocycles. The molecule has 0 bridgehead atoms. The summed E-state index contributed by atoms with van der Waals surface area (Å²) in [5.74, 6) is 0. The van der Waals surface area contributed by atoms with Crippen LogP contribution >= 0.6 is 12.2 Å². The Morgan fingerprint density at radius 2 is 2.33 bits per heavy atom. The quantitative estimate of drug-likeness (QED) is 0.272. The van der Waals surface area contributed by atoms with E-state index in [1.807, 2.05) is 0 Å². The van der Waals surface area contributed by atoms with E-state index < -0.39 is 0 Å². The van der Waals surface area contributed by atoms with E-state index in [1.54, 1.807) is 0 Å². The fourth-order valence-electron chi connectivity index (χ4n) is 1.18. The van der Waals surface area contributed by atoms with Gasteiger partial charge in [-0.25, -0.2) is 4.99 Å². The van der Waals surface area contributed by atoms with Crippen LogP contribution in [0.5, 0.6) is 0 Å². The van der Waals surface area contributed by atoms with E-state index in [-0.39, 0.29) is 0 Å². The van der Waals surface area contributed by atoms with Gasteiger partial charge in [0.1, 0.15) is 12.6 Å². The van der Waals surface area contributed by atoms with Gasteiger partial charge in [0, 0.05) is 0 Å². The number of aliphatic imine (C=N–C) groups is 1. The Morgan fingerprint density at radius 3 is 2.83 bits per heavy atom. The van der Waals surface area contributed by atoms with Crippen molar-refractivity contribution in [3.8, 4) is 0 Å². The number of thiocarbonyl (C=S) groups is 1. The lowest BCUT2D eigenvalue weighted by atomic mass is 10.3. The minimum absolute atomic E-state index is 0.483. The molecule has 1 saturated heterocycles. The van der Waals surface area contributed by atoms with E-state index in [0.717, 1.165) is 30.7 Å². The Bertz CT molecular complexity index is 195. The summed E-state index contributed by atoms with van der Waals surface area (Å²) in [5, 5.41) is 2.38. The number of hydrogen-bond donors (Lipinski definition) is 0. The van der Waals surface area contributed by atoms with Gasteiger partial charge in [-0.15, -0.1) is 0 Å². The molecule has 12 heavy (non-hydrogen) atoms. The molecule has 1 rings (SSSR count). The van der Waals surface area contributed by atoms with Crippen LogP contribution in [-0.2, 0) is 4.74 Å². The van der Waals surface area contributed by atoms with Crippen molar-refractivity contribution in [3.63, 3.8) is 0 Å². The zero-order valence-corrected chi connectivity index (χ0v) is 8.43. The molecule has 3 nitrogen and oxygen atoms in total. The summed E-state index contributed by atoms with van der Waals surface area (Å²) < 4.78 is 6.12. The van der Waals surface area contributed by atoms with Crippen molar-refractivity contribution in [2.75, 3.05) is 40.3 Å². The van der Waals surface area contributed by atoms with Gasteiger partial charge in [0.25, 0.3) is 0 Å². The average molecular weight is 187 g/mol. The molecule has 4 heteroatoms. The smallest absolute Gasteiger partial charge is 0.130 e. The second-order valence-corrected chi connectivity index (χ2v) is 3.95. The summed E-state index contributed by atoms with van der Waals surface area (Å²) in [7, 11) is 4.36. The normalized spacial score (nSPS) is 21.7. The first kappa shape index (κ1) is 9.81. The molecular formula is C8H15N2OS+. The van der Waals surface area contributed by atoms with Crippen LogP contribution in [-0.4, -0.2) is 56.1 Å². The van der Waals surface area contributed by atoms with Crippen LogP contribution in [0.1, 0.15) is 0 Å². The third-order valence-corrected chi connectivity index (χ3v) is 2.11. The number of hydrogen-bond acceptors (Lipinski definition) is 3. The maximum atomic E-state index is 5.17. The Kier molecular flexibility index (Phi) is 3.35. The number of ether oxygens (including phenoxy) is 1. The SMILES string of the molecule is C[N+](C)(CCN=C=S)CC1CO1. The average Bonchev–Trinajstić information content (AvgIpc) is 2.71. The van der Waals surface area contributed by atoms with E-state index in [4.69, 9.17) is 4.74 Å². The van der Waals surface area contributed by atoms with Crippen molar-refractivity contribution in [1.29, 1.82) is 0 Å². The molecule has 0 radical (unpaired) electrons. The number of isothiocyanates is 1. The van der Waals surface area contributed by atoms with E-state index in [1.165, 1.54) is 0 Å². The molecule has 0 spiro atoms. The molecule has 0 aromatic rings. The van der Waals surface area contributed by atoms with Crippen molar-refractivity contribution in [1.82, 2.24) is 0 Å². The highest BCUT2D eigenvalue weighted by Gasteiger charge is 2.30. The van der Waals surface area contributed by atoms with Gasteiger partial charge >= 0.3 is 0 Å². The lowest BCUT2D eigenvalue weighted by molar-refractivity contribution is -0.889. The zero-order valence-electron chi connectivity index (χ0n) is 7.62. The molecule has 1 aliphatic rings. The highest BCUT2D eigenvalue weighted by atomic mass is 32.1. The largest absolute Gasteiger partial charge is 0.367 e. The van der Waals surface area contributed by atoms with Gasteiger partial charge < -0.3 is 9.22 Å².